The molecule has 1 spiro atoms. The molecule has 1 atom stereocenters. The molecule has 5 nitrogen and oxygen atoms in total. The molecule has 0 radical (unpaired) electrons. The number of hydrogen-bond donors (Lipinski definition) is 0. The molecule has 2 aliphatic heterocycles. The number of hydrogen-bond acceptors (Lipinski definition) is 4. The summed E-state index contributed by atoms with van der Waals surface area (Å²) in [7, 11) is 2.22. The molecule has 0 aromatic carbocycles. The van der Waals surface area contributed by atoms with Gasteiger partial charge in [-0.05, 0) is 44.0 Å². The van der Waals surface area contributed by atoms with Crippen LogP contribution in [0, 0.1) is 6.92 Å². The molecule has 2 aliphatic rings. The third-order valence-corrected chi connectivity index (χ3v) is 5.96. The van der Waals surface area contributed by atoms with Gasteiger partial charge in [0.1, 0.15) is 0 Å². The molecule has 2 saturated heterocycles. The predicted octanol–water partition coefficient (Wildman–Crippen LogP) is 2.07. The average molecular weight is 342 g/mol. The molecule has 0 bridgehead atoms. The van der Waals surface area contributed by atoms with Gasteiger partial charge in [0, 0.05) is 63.6 Å². The third kappa shape index (κ3) is 3.93. The standard InChI is InChI=1S/C20H30N4O/c1-4-10-24-11-8-20(7-5-19(24)25)16-23(13-12-22(20)3)15-18-6-9-21-14-17(18)2/h4,6,9,14H,1,5,7-8,10-13,15-16H2,2-3H3/t20-/m1/s1. The van der Waals surface area contributed by atoms with Gasteiger partial charge in [-0.15, -0.1) is 6.58 Å². The molecule has 0 unspecified atom stereocenters. The predicted molar refractivity (Wildman–Crippen MR) is 100 cm³/mol. The summed E-state index contributed by atoms with van der Waals surface area (Å²) in [5, 5.41) is 0. The van der Waals surface area contributed by atoms with E-state index in [0.717, 1.165) is 45.6 Å². The Balaban J connectivity index is 1.72. The van der Waals surface area contributed by atoms with Crippen LogP contribution in [0.5, 0.6) is 0 Å². The molecule has 0 N–H and O–H groups in total. The Morgan fingerprint density at radius 3 is 2.92 bits per heavy atom. The minimum absolute atomic E-state index is 0.102. The van der Waals surface area contributed by atoms with Gasteiger partial charge in [0.2, 0.25) is 5.91 Å². The summed E-state index contributed by atoms with van der Waals surface area (Å²) in [5.41, 5.74) is 2.71. The largest absolute Gasteiger partial charge is 0.339 e. The van der Waals surface area contributed by atoms with Crippen molar-refractivity contribution in [1.29, 1.82) is 0 Å². The van der Waals surface area contributed by atoms with Crippen LogP contribution >= 0.6 is 0 Å². The summed E-state index contributed by atoms with van der Waals surface area (Å²) in [6.07, 6.45) is 8.28. The molecule has 136 valence electrons. The summed E-state index contributed by atoms with van der Waals surface area (Å²) in [4.78, 5) is 23.6. The number of pyridine rings is 1. The SMILES string of the molecule is C=CCN1CC[C@]2(CCC1=O)CN(Cc1ccncc1C)CCN2C. The monoisotopic (exact) mass is 342 g/mol. The maximum atomic E-state index is 12.4. The first kappa shape index (κ1) is 18.1. The van der Waals surface area contributed by atoms with E-state index in [1.165, 1.54) is 11.1 Å². The normalized spacial score (nSPS) is 26.0. The van der Waals surface area contributed by atoms with Crippen molar-refractivity contribution in [2.45, 2.75) is 38.3 Å². The van der Waals surface area contributed by atoms with Gasteiger partial charge in [0.05, 0.1) is 0 Å². The van der Waals surface area contributed by atoms with Gasteiger partial charge >= 0.3 is 0 Å². The Hall–Kier alpha value is -1.72. The average Bonchev–Trinajstić information content (AvgIpc) is 2.75. The fourth-order valence-electron chi connectivity index (χ4n) is 4.18. The fraction of sp³-hybridized carbons (Fsp3) is 0.600. The second kappa shape index (κ2) is 7.67. The van der Waals surface area contributed by atoms with Crippen LogP contribution in [0.1, 0.15) is 30.4 Å². The molecule has 25 heavy (non-hydrogen) atoms. The number of carbonyl (C=O) groups excluding carboxylic acids is 1. The molecule has 0 aliphatic carbocycles. The van der Waals surface area contributed by atoms with E-state index in [0.29, 0.717) is 13.0 Å². The molecule has 0 saturated carbocycles. The van der Waals surface area contributed by atoms with Crippen molar-refractivity contribution in [2.75, 3.05) is 39.8 Å². The van der Waals surface area contributed by atoms with E-state index in [-0.39, 0.29) is 11.4 Å². The van der Waals surface area contributed by atoms with Gasteiger partial charge in [-0.3, -0.25) is 19.6 Å². The smallest absolute Gasteiger partial charge is 0.222 e. The molecule has 1 amide bonds. The summed E-state index contributed by atoms with van der Waals surface area (Å²) >= 11 is 0. The first-order valence-corrected chi connectivity index (χ1v) is 9.26. The van der Waals surface area contributed by atoms with Gasteiger partial charge in [-0.1, -0.05) is 6.08 Å². The van der Waals surface area contributed by atoms with E-state index in [4.69, 9.17) is 0 Å². The number of aryl methyl sites for hydroxylation is 1. The third-order valence-electron chi connectivity index (χ3n) is 5.96. The van der Waals surface area contributed by atoms with Crippen LogP contribution in [-0.4, -0.2) is 70.9 Å². The molecule has 1 aromatic rings. The highest BCUT2D eigenvalue weighted by molar-refractivity contribution is 5.76. The zero-order valence-electron chi connectivity index (χ0n) is 15.6. The molecule has 2 fully saturated rings. The summed E-state index contributed by atoms with van der Waals surface area (Å²) in [5.74, 6) is 0.271. The van der Waals surface area contributed by atoms with Crippen LogP contribution in [0.3, 0.4) is 0 Å². The first-order valence-electron chi connectivity index (χ1n) is 9.26. The number of amides is 1. The van der Waals surface area contributed by atoms with Crippen LogP contribution in [0.15, 0.2) is 31.1 Å². The summed E-state index contributed by atoms with van der Waals surface area (Å²) in [6, 6.07) is 2.13. The quantitative estimate of drug-likeness (QED) is 0.786. The van der Waals surface area contributed by atoms with Crippen molar-refractivity contribution < 1.29 is 4.79 Å². The van der Waals surface area contributed by atoms with Crippen molar-refractivity contribution >= 4 is 5.91 Å². The molecule has 3 rings (SSSR count). The van der Waals surface area contributed by atoms with Crippen molar-refractivity contribution in [3.63, 3.8) is 0 Å². The zero-order chi connectivity index (χ0) is 17.9. The number of piperazine rings is 1. The fourth-order valence-corrected chi connectivity index (χ4v) is 4.18. The zero-order valence-corrected chi connectivity index (χ0v) is 15.6. The van der Waals surface area contributed by atoms with E-state index in [1.807, 2.05) is 23.4 Å². The summed E-state index contributed by atoms with van der Waals surface area (Å²) < 4.78 is 0. The highest BCUT2D eigenvalue weighted by atomic mass is 16.2. The Bertz CT molecular complexity index is 632. The van der Waals surface area contributed by atoms with E-state index in [2.05, 4.69) is 41.4 Å². The Morgan fingerprint density at radius 2 is 2.16 bits per heavy atom. The Labute approximate surface area is 151 Å². The van der Waals surface area contributed by atoms with Gasteiger partial charge < -0.3 is 4.90 Å². The molecular formula is C20H30N4O. The number of rotatable bonds is 4. The molecule has 1 aromatic heterocycles. The van der Waals surface area contributed by atoms with Gasteiger partial charge in [0.25, 0.3) is 0 Å². The van der Waals surface area contributed by atoms with Gasteiger partial charge in [0.15, 0.2) is 0 Å². The van der Waals surface area contributed by atoms with E-state index >= 15 is 0 Å². The lowest BCUT2D eigenvalue weighted by atomic mass is 9.86. The lowest BCUT2D eigenvalue weighted by molar-refractivity contribution is -0.130. The van der Waals surface area contributed by atoms with E-state index in [9.17, 15) is 4.79 Å². The number of aromatic nitrogens is 1. The van der Waals surface area contributed by atoms with Crippen LogP contribution in [0.4, 0.5) is 0 Å². The lowest BCUT2D eigenvalue weighted by Gasteiger charge is -2.49. The van der Waals surface area contributed by atoms with Crippen molar-refractivity contribution in [2.24, 2.45) is 0 Å². The minimum Gasteiger partial charge on any atom is -0.339 e. The molecular weight excluding hydrogens is 312 g/mol. The van der Waals surface area contributed by atoms with Crippen LogP contribution in [0.2, 0.25) is 0 Å². The second-order valence-electron chi connectivity index (χ2n) is 7.54. The molecule has 5 heteroatoms. The number of nitrogens with zero attached hydrogens (tertiary/aromatic N) is 4. The summed E-state index contributed by atoms with van der Waals surface area (Å²) in [6.45, 7) is 11.5. The topological polar surface area (TPSA) is 39.7 Å². The van der Waals surface area contributed by atoms with Crippen molar-refractivity contribution in [3.05, 3.63) is 42.2 Å². The van der Waals surface area contributed by atoms with Crippen LogP contribution in [-0.2, 0) is 11.3 Å². The lowest BCUT2D eigenvalue weighted by Crippen LogP contribution is -2.60. The Morgan fingerprint density at radius 1 is 1.32 bits per heavy atom. The first-order chi connectivity index (χ1) is 12.0. The van der Waals surface area contributed by atoms with E-state index in [1.54, 1.807) is 0 Å². The van der Waals surface area contributed by atoms with Gasteiger partial charge in [-0.25, -0.2) is 0 Å². The van der Waals surface area contributed by atoms with Crippen molar-refractivity contribution in [3.8, 4) is 0 Å². The highest BCUT2D eigenvalue weighted by Gasteiger charge is 2.42. The molecule has 3 heterocycles. The van der Waals surface area contributed by atoms with Crippen LogP contribution in [0.25, 0.3) is 0 Å². The van der Waals surface area contributed by atoms with Gasteiger partial charge in [-0.2, -0.15) is 0 Å². The maximum absolute atomic E-state index is 12.4. The Kier molecular flexibility index (Phi) is 5.54. The van der Waals surface area contributed by atoms with Crippen LogP contribution < -0.4 is 0 Å². The van der Waals surface area contributed by atoms with Crippen molar-refractivity contribution in [1.82, 2.24) is 19.7 Å². The number of likely N-dealkylation sites (tertiary alicyclic amines) is 1. The second-order valence-corrected chi connectivity index (χ2v) is 7.54. The highest BCUT2D eigenvalue weighted by Crippen LogP contribution is 2.32. The number of carbonyl (C=O) groups is 1. The minimum atomic E-state index is 0.102. The maximum Gasteiger partial charge on any atom is 0.222 e. The number of likely N-dealkylation sites (N-methyl/N-ethyl adjacent to an activating group) is 1. The van der Waals surface area contributed by atoms with E-state index < -0.39 is 0 Å².